The van der Waals surface area contributed by atoms with E-state index in [0.29, 0.717) is 29.6 Å². The van der Waals surface area contributed by atoms with Crippen LogP contribution in [0.1, 0.15) is 11.6 Å². The smallest absolute Gasteiger partial charge is 0.341 e. The molecule has 2 fully saturated rings. The second-order valence-corrected chi connectivity index (χ2v) is 8.87. The summed E-state index contributed by atoms with van der Waals surface area (Å²) in [6, 6.07) is 16.8. The maximum absolute atomic E-state index is 9.08. The Kier molecular flexibility index (Phi) is 6.45. The first-order valence-corrected chi connectivity index (χ1v) is 11.5. The van der Waals surface area contributed by atoms with Crippen molar-refractivity contribution in [3.63, 3.8) is 0 Å². The minimum atomic E-state index is -0.267. The zero-order valence-electron chi connectivity index (χ0n) is 19.2. The Balaban J connectivity index is 1.24. The molecule has 2 saturated heterocycles. The molecule has 0 bridgehead atoms. The number of thiocarbonyl (C=S) groups is 1. The van der Waals surface area contributed by atoms with Gasteiger partial charge in [-0.3, -0.25) is 0 Å². The highest BCUT2D eigenvalue weighted by atomic mass is 32.1. The fourth-order valence-corrected chi connectivity index (χ4v) is 4.48. The molecular weight excluding hydrogens is 468 g/mol. The third kappa shape index (κ3) is 4.88. The van der Waals surface area contributed by atoms with E-state index in [9.17, 15) is 0 Å². The zero-order valence-corrected chi connectivity index (χ0v) is 20.0. The molecule has 0 spiro atoms. The largest absolute Gasteiger partial charge is 0.423 e. The first-order valence-electron chi connectivity index (χ1n) is 11.1. The van der Waals surface area contributed by atoms with E-state index in [1.807, 2.05) is 49.3 Å². The van der Waals surface area contributed by atoms with Crippen LogP contribution in [0.4, 0.5) is 11.4 Å². The molecule has 35 heavy (non-hydrogen) atoms. The summed E-state index contributed by atoms with van der Waals surface area (Å²) >= 11 is 5.47. The molecule has 2 aliphatic rings. The Morgan fingerprint density at radius 3 is 2.83 bits per heavy atom. The van der Waals surface area contributed by atoms with Crippen LogP contribution in [0.25, 0.3) is 0 Å². The van der Waals surface area contributed by atoms with Crippen LogP contribution in [-0.2, 0) is 9.47 Å². The van der Waals surface area contributed by atoms with Crippen molar-refractivity contribution in [1.82, 2.24) is 25.5 Å². The van der Waals surface area contributed by atoms with E-state index in [2.05, 4.69) is 32.2 Å². The van der Waals surface area contributed by atoms with E-state index in [1.165, 1.54) is 0 Å². The SMILES string of the molecule is CN(C)c1cccc(Oc2nnnn2[C@@H]2CO[C@@H]3[C@@H]2OC[C@@H]3NC(=S)Nc2cccc(C#N)c2)c1. The average molecular weight is 493 g/mol. The highest BCUT2D eigenvalue weighted by Crippen LogP contribution is 2.36. The number of benzene rings is 2. The lowest BCUT2D eigenvalue weighted by atomic mass is 10.1. The van der Waals surface area contributed by atoms with E-state index in [4.69, 9.17) is 31.7 Å². The number of aromatic nitrogens is 4. The number of anilines is 2. The molecule has 2 aliphatic heterocycles. The number of hydrogen-bond donors (Lipinski definition) is 2. The molecule has 0 radical (unpaired) electrons. The number of nitriles is 1. The first kappa shape index (κ1) is 23.0. The maximum atomic E-state index is 9.08. The summed E-state index contributed by atoms with van der Waals surface area (Å²) in [6.07, 6.45) is -0.504. The van der Waals surface area contributed by atoms with Crippen LogP contribution >= 0.6 is 12.2 Å². The lowest BCUT2D eigenvalue weighted by Gasteiger charge is -2.20. The van der Waals surface area contributed by atoms with E-state index in [0.717, 1.165) is 11.4 Å². The van der Waals surface area contributed by atoms with Gasteiger partial charge in [-0.1, -0.05) is 17.2 Å². The molecule has 4 atom stereocenters. The van der Waals surface area contributed by atoms with Gasteiger partial charge in [0, 0.05) is 31.5 Å². The molecule has 0 saturated carbocycles. The van der Waals surface area contributed by atoms with Gasteiger partial charge in [0.05, 0.1) is 30.9 Å². The van der Waals surface area contributed by atoms with Gasteiger partial charge in [-0.05, 0) is 53.0 Å². The molecule has 11 nitrogen and oxygen atoms in total. The molecule has 0 aliphatic carbocycles. The predicted octanol–water partition coefficient (Wildman–Crippen LogP) is 2.10. The molecule has 3 aromatic rings. The van der Waals surface area contributed by atoms with Crippen molar-refractivity contribution in [2.45, 2.75) is 24.3 Å². The Morgan fingerprint density at radius 1 is 1.17 bits per heavy atom. The van der Waals surface area contributed by atoms with Crippen molar-refractivity contribution in [2.24, 2.45) is 0 Å². The highest BCUT2D eigenvalue weighted by molar-refractivity contribution is 7.80. The van der Waals surface area contributed by atoms with Crippen molar-refractivity contribution < 1.29 is 14.2 Å². The molecule has 2 aromatic carbocycles. The zero-order chi connectivity index (χ0) is 24.4. The number of ether oxygens (including phenoxy) is 3. The Labute approximate surface area is 207 Å². The molecule has 180 valence electrons. The van der Waals surface area contributed by atoms with Crippen LogP contribution in [0.5, 0.6) is 11.8 Å². The van der Waals surface area contributed by atoms with Crippen molar-refractivity contribution >= 4 is 28.7 Å². The van der Waals surface area contributed by atoms with Gasteiger partial charge in [0.2, 0.25) is 0 Å². The van der Waals surface area contributed by atoms with Crippen molar-refractivity contribution in [2.75, 3.05) is 37.5 Å². The van der Waals surface area contributed by atoms with E-state index < -0.39 is 0 Å². The van der Waals surface area contributed by atoms with Crippen LogP contribution in [0, 0.1) is 11.3 Å². The Morgan fingerprint density at radius 2 is 2.00 bits per heavy atom. The summed E-state index contributed by atoms with van der Waals surface area (Å²) in [6.45, 7) is 0.784. The third-order valence-corrected chi connectivity index (χ3v) is 6.13. The van der Waals surface area contributed by atoms with Crippen molar-refractivity contribution in [1.29, 1.82) is 5.26 Å². The van der Waals surface area contributed by atoms with E-state index in [1.54, 1.807) is 22.9 Å². The molecule has 12 heteroatoms. The van der Waals surface area contributed by atoms with Gasteiger partial charge in [-0.15, -0.1) is 0 Å². The minimum absolute atomic E-state index is 0.151. The average Bonchev–Trinajstić information content (AvgIpc) is 3.57. The second-order valence-electron chi connectivity index (χ2n) is 8.46. The van der Waals surface area contributed by atoms with Crippen molar-refractivity contribution in [3.05, 3.63) is 54.1 Å². The number of tetrazole rings is 1. The monoisotopic (exact) mass is 492 g/mol. The highest BCUT2D eigenvalue weighted by Gasteiger charge is 2.50. The molecule has 0 amide bonds. The summed E-state index contributed by atoms with van der Waals surface area (Å²) < 4.78 is 19.8. The van der Waals surface area contributed by atoms with Gasteiger partial charge >= 0.3 is 6.01 Å². The molecular formula is C23H24N8O3S. The summed E-state index contributed by atoms with van der Waals surface area (Å²) in [5.41, 5.74) is 2.29. The van der Waals surface area contributed by atoms with Crippen LogP contribution in [-0.4, -0.2) is 70.9 Å². The predicted molar refractivity (Wildman–Crippen MR) is 131 cm³/mol. The van der Waals surface area contributed by atoms with Crippen LogP contribution in [0.2, 0.25) is 0 Å². The number of nitrogens with one attached hydrogen (secondary N) is 2. The van der Waals surface area contributed by atoms with Gasteiger partial charge in [-0.25, -0.2) is 0 Å². The summed E-state index contributed by atoms with van der Waals surface area (Å²) in [4.78, 5) is 1.99. The lowest BCUT2D eigenvalue weighted by molar-refractivity contribution is 0.0615. The summed E-state index contributed by atoms with van der Waals surface area (Å²) in [5, 5.41) is 27.9. The second kappa shape index (κ2) is 9.83. The number of nitrogens with zero attached hydrogens (tertiary/aromatic N) is 6. The topological polar surface area (TPSA) is 122 Å². The first-order chi connectivity index (χ1) is 17.0. The van der Waals surface area contributed by atoms with Gasteiger partial charge in [0.25, 0.3) is 0 Å². The van der Waals surface area contributed by atoms with E-state index in [-0.39, 0.29) is 30.3 Å². The Bertz CT molecular complexity index is 1260. The number of fused-ring (bicyclic) bond motifs is 1. The lowest BCUT2D eigenvalue weighted by Crippen LogP contribution is -2.45. The van der Waals surface area contributed by atoms with Gasteiger partial charge < -0.3 is 29.7 Å². The molecule has 2 N–H and O–H groups in total. The van der Waals surface area contributed by atoms with Crippen LogP contribution < -0.4 is 20.3 Å². The van der Waals surface area contributed by atoms with Gasteiger partial charge in [0.15, 0.2) is 5.11 Å². The maximum Gasteiger partial charge on any atom is 0.341 e. The third-order valence-electron chi connectivity index (χ3n) is 5.91. The minimum Gasteiger partial charge on any atom is -0.423 e. The summed E-state index contributed by atoms with van der Waals surface area (Å²) in [5.74, 6) is 0.631. The standard InChI is InChI=1S/C23H24N8O3S/c1-30(2)16-7-4-8-17(10-16)34-23-27-28-29-31(23)19-13-33-20-18(12-32-21(19)20)26-22(35)25-15-6-3-5-14(9-15)11-24/h3-10,18-21H,12-13H2,1-2H3,(H2,25,26,35)/t18-,19+,20-,21+/m0/s1. The summed E-state index contributed by atoms with van der Waals surface area (Å²) in [7, 11) is 3.93. The quantitative estimate of drug-likeness (QED) is 0.492. The molecule has 3 heterocycles. The van der Waals surface area contributed by atoms with Crippen molar-refractivity contribution in [3.8, 4) is 17.8 Å². The molecule has 5 rings (SSSR count). The fraction of sp³-hybridized carbons (Fsp3) is 0.348. The van der Waals surface area contributed by atoms with Crippen LogP contribution in [0.3, 0.4) is 0 Å². The van der Waals surface area contributed by atoms with Gasteiger partial charge in [-0.2, -0.15) is 9.94 Å². The van der Waals surface area contributed by atoms with Crippen LogP contribution in [0.15, 0.2) is 48.5 Å². The Hall–Kier alpha value is -3.79. The fourth-order valence-electron chi connectivity index (χ4n) is 4.21. The number of rotatable bonds is 6. The molecule has 0 unspecified atom stereocenters. The number of hydrogen-bond acceptors (Lipinski definition) is 9. The molecule has 1 aromatic heterocycles. The van der Waals surface area contributed by atoms with Gasteiger partial charge in [0.1, 0.15) is 24.0 Å². The normalized spacial score (nSPS) is 22.8. The van der Waals surface area contributed by atoms with E-state index >= 15 is 0 Å².